The van der Waals surface area contributed by atoms with Crippen LogP contribution in [0.25, 0.3) is 5.65 Å². The van der Waals surface area contributed by atoms with Gasteiger partial charge in [-0.1, -0.05) is 6.07 Å². The summed E-state index contributed by atoms with van der Waals surface area (Å²) in [5.74, 6) is 1.68. The second-order valence-electron chi connectivity index (χ2n) is 7.12. The fraction of sp³-hybridized carbons (Fsp3) is 0.579. The highest BCUT2D eigenvalue weighted by Gasteiger charge is 2.24. The molecule has 0 spiro atoms. The first-order chi connectivity index (χ1) is 12.8. The lowest BCUT2D eigenvalue weighted by Gasteiger charge is -2.37. The molecule has 0 aliphatic carbocycles. The second kappa shape index (κ2) is 8.05. The van der Waals surface area contributed by atoms with Crippen LogP contribution in [0.3, 0.4) is 0 Å². The first-order valence-corrected chi connectivity index (χ1v) is 9.50. The topological polar surface area (TPSA) is 57.4 Å². The van der Waals surface area contributed by atoms with E-state index in [0.717, 1.165) is 56.7 Å². The molecule has 140 valence electrons. The average molecular weight is 356 g/mol. The van der Waals surface area contributed by atoms with Gasteiger partial charge in [-0.2, -0.15) is 0 Å². The molecule has 7 heteroatoms. The fourth-order valence-electron chi connectivity index (χ4n) is 3.81. The van der Waals surface area contributed by atoms with E-state index < -0.39 is 0 Å². The predicted molar refractivity (Wildman–Crippen MR) is 102 cm³/mol. The first kappa shape index (κ1) is 17.3. The minimum absolute atomic E-state index is 0.688. The van der Waals surface area contributed by atoms with Gasteiger partial charge in [0.15, 0.2) is 5.96 Å². The number of hydrogen-bond acceptors (Lipinski definition) is 4. The summed E-state index contributed by atoms with van der Waals surface area (Å²) in [6, 6.07) is 6.05. The third-order valence-corrected chi connectivity index (χ3v) is 5.27. The number of fused-ring (bicyclic) bond motifs is 1. The van der Waals surface area contributed by atoms with Crippen LogP contribution in [-0.4, -0.2) is 78.1 Å². The van der Waals surface area contributed by atoms with Gasteiger partial charge in [-0.25, -0.2) is 4.98 Å². The molecule has 1 atom stereocenters. The molecule has 7 nitrogen and oxygen atoms in total. The van der Waals surface area contributed by atoms with E-state index in [0.29, 0.717) is 12.5 Å². The minimum atomic E-state index is 0.688. The average Bonchev–Trinajstić information content (AvgIpc) is 3.32. The maximum atomic E-state index is 5.50. The van der Waals surface area contributed by atoms with Crippen molar-refractivity contribution >= 4 is 11.6 Å². The van der Waals surface area contributed by atoms with Gasteiger partial charge in [0.2, 0.25) is 0 Å². The van der Waals surface area contributed by atoms with Crippen molar-refractivity contribution in [2.75, 3.05) is 53.0 Å². The van der Waals surface area contributed by atoms with Gasteiger partial charge in [-0.05, 0) is 24.5 Å². The van der Waals surface area contributed by atoms with Crippen LogP contribution >= 0.6 is 0 Å². The molecule has 26 heavy (non-hydrogen) atoms. The van der Waals surface area contributed by atoms with Crippen LogP contribution < -0.4 is 5.32 Å². The van der Waals surface area contributed by atoms with E-state index >= 15 is 0 Å². The lowest BCUT2D eigenvalue weighted by Crippen LogP contribution is -2.53. The molecule has 4 rings (SSSR count). The van der Waals surface area contributed by atoms with E-state index in [1.807, 2.05) is 35.8 Å². The van der Waals surface area contributed by atoms with Crippen LogP contribution in [0, 0.1) is 5.92 Å². The highest BCUT2D eigenvalue weighted by Crippen LogP contribution is 2.15. The van der Waals surface area contributed by atoms with E-state index in [2.05, 4.69) is 31.3 Å². The number of ether oxygens (including phenoxy) is 1. The highest BCUT2D eigenvalue weighted by atomic mass is 16.5. The lowest BCUT2D eigenvalue weighted by atomic mass is 10.1. The Hall–Kier alpha value is -2.12. The minimum Gasteiger partial charge on any atom is -0.381 e. The Balaban J connectivity index is 1.27. The summed E-state index contributed by atoms with van der Waals surface area (Å²) < 4.78 is 7.54. The number of nitrogens with zero attached hydrogens (tertiary/aromatic N) is 5. The van der Waals surface area contributed by atoms with E-state index in [-0.39, 0.29) is 0 Å². The summed E-state index contributed by atoms with van der Waals surface area (Å²) in [5.41, 5.74) is 2.00. The monoisotopic (exact) mass is 356 g/mol. The Morgan fingerprint density at radius 2 is 2.19 bits per heavy atom. The molecule has 1 N–H and O–H groups in total. The standard InChI is InChI=1S/C19H28N6O/c1-20-19(21-12-17-14-25-6-3-2-4-18(25)22-17)24-9-7-23(8-10-24)13-16-5-11-26-15-16/h2-4,6,14,16H,5,7-13,15H2,1H3,(H,20,21). The smallest absolute Gasteiger partial charge is 0.194 e. The number of aromatic nitrogens is 2. The number of imidazole rings is 1. The second-order valence-corrected chi connectivity index (χ2v) is 7.12. The number of rotatable bonds is 4. The Morgan fingerprint density at radius 1 is 1.31 bits per heavy atom. The predicted octanol–water partition coefficient (Wildman–Crippen LogP) is 1.06. The molecular formula is C19H28N6O. The molecule has 0 radical (unpaired) electrons. The molecule has 4 heterocycles. The zero-order chi connectivity index (χ0) is 17.8. The van der Waals surface area contributed by atoms with E-state index in [1.54, 1.807) is 0 Å². The van der Waals surface area contributed by atoms with Crippen LogP contribution in [0.1, 0.15) is 12.1 Å². The highest BCUT2D eigenvalue weighted by molar-refractivity contribution is 5.80. The summed E-state index contributed by atoms with van der Waals surface area (Å²) in [5, 5.41) is 3.47. The summed E-state index contributed by atoms with van der Waals surface area (Å²) in [4.78, 5) is 14.0. The summed E-state index contributed by atoms with van der Waals surface area (Å²) in [6.07, 6.45) is 5.30. The van der Waals surface area contributed by atoms with Crippen LogP contribution in [-0.2, 0) is 11.3 Å². The molecule has 2 aromatic heterocycles. The molecule has 0 amide bonds. The van der Waals surface area contributed by atoms with Crippen molar-refractivity contribution in [2.45, 2.75) is 13.0 Å². The Labute approximate surface area is 154 Å². The van der Waals surface area contributed by atoms with Crippen LogP contribution in [0.2, 0.25) is 0 Å². The van der Waals surface area contributed by atoms with Crippen LogP contribution in [0.4, 0.5) is 0 Å². The number of pyridine rings is 1. The number of hydrogen-bond donors (Lipinski definition) is 1. The number of piperazine rings is 1. The van der Waals surface area contributed by atoms with Crippen molar-refractivity contribution in [3.05, 3.63) is 36.3 Å². The molecule has 0 bridgehead atoms. The van der Waals surface area contributed by atoms with Crippen molar-refractivity contribution in [1.82, 2.24) is 24.5 Å². The molecule has 0 saturated carbocycles. The molecule has 2 saturated heterocycles. The van der Waals surface area contributed by atoms with Crippen molar-refractivity contribution in [3.8, 4) is 0 Å². The number of nitrogens with one attached hydrogen (secondary N) is 1. The molecule has 2 aromatic rings. The third-order valence-electron chi connectivity index (χ3n) is 5.27. The SMILES string of the molecule is CN=C(NCc1cn2ccccc2n1)N1CCN(CC2CCOC2)CC1. The van der Waals surface area contributed by atoms with Crippen molar-refractivity contribution < 1.29 is 4.74 Å². The molecule has 1 unspecified atom stereocenters. The fourth-order valence-corrected chi connectivity index (χ4v) is 3.81. The molecular weight excluding hydrogens is 328 g/mol. The Morgan fingerprint density at radius 3 is 2.92 bits per heavy atom. The van der Waals surface area contributed by atoms with Crippen LogP contribution in [0.15, 0.2) is 35.6 Å². The lowest BCUT2D eigenvalue weighted by molar-refractivity contribution is 0.139. The van der Waals surface area contributed by atoms with Gasteiger partial charge >= 0.3 is 0 Å². The Bertz CT molecular complexity index is 710. The van der Waals surface area contributed by atoms with Crippen molar-refractivity contribution in [3.63, 3.8) is 0 Å². The maximum Gasteiger partial charge on any atom is 0.194 e. The normalized spacial score (nSPS) is 22.3. The molecule has 2 aliphatic heterocycles. The molecule has 0 aromatic carbocycles. The van der Waals surface area contributed by atoms with Gasteiger partial charge in [-0.3, -0.25) is 9.89 Å². The molecule has 2 aliphatic rings. The van der Waals surface area contributed by atoms with Gasteiger partial charge < -0.3 is 19.4 Å². The van der Waals surface area contributed by atoms with Crippen LogP contribution in [0.5, 0.6) is 0 Å². The largest absolute Gasteiger partial charge is 0.381 e. The van der Waals surface area contributed by atoms with E-state index in [1.165, 1.54) is 13.0 Å². The van der Waals surface area contributed by atoms with Crippen molar-refractivity contribution in [1.29, 1.82) is 0 Å². The van der Waals surface area contributed by atoms with E-state index in [9.17, 15) is 0 Å². The van der Waals surface area contributed by atoms with Gasteiger partial charge in [0.25, 0.3) is 0 Å². The van der Waals surface area contributed by atoms with Crippen molar-refractivity contribution in [2.24, 2.45) is 10.9 Å². The number of aliphatic imine (C=N–C) groups is 1. The summed E-state index contributed by atoms with van der Waals surface area (Å²) >= 11 is 0. The summed E-state index contributed by atoms with van der Waals surface area (Å²) in [6.45, 7) is 7.93. The van der Waals surface area contributed by atoms with Gasteiger partial charge in [0.05, 0.1) is 18.8 Å². The quantitative estimate of drug-likeness (QED) is 0.656. The maximum absolute atomic E-state index is 5.50. The van der Waals surface area contributed by atoms with E-state index in [4.69, 9.17) is 4.74 Å². The molecule has 2 fully saturated rings. The zero-order valence-electron chi connectivity index (χ0n) is 15.5. The summed E-state index contributed by atoms with van der Waals surface area (Å²) in [7, 11) is 1.86. The van der Waals surface area contributed by atoms with Gasteiger partial charge in [0, 0.05) is 58.8 Å². The van der Waals surface area contributed by atoms with Gasteiger partial charge in [-0.15, -0.1) is 0 Å². The first-order valence-electron chi connectivity index (χ1n) is 9.50. The number of guanidine groups is 1. The zero-order valence-corrected chi connectivity index (χ0v) is 15.5. The van der Waals surface area contributed by atoms with Gasteiger partial charge in [0.1, 0.15) is 5.65 Å². The third kappa shape index (κ3) is 3.99. The Kier molecular flexibility index (Phi) is 5.36.